The molecule has 0 saturated heterocycles. The number of nitrogens with two attached hydrogens (primary N) is 1. The van der Waals surface area contributed by atoms with Gasteiger partial charge in [0.1, 0.15) is 0 Å². The Morgan fingerprint density at radius 3 is 2.50 bits per heavy atom. The summed E-state index contributed by atoms with van der Waals surface area (Å²) in [6.07, 6.45) is 2.86. The van der Waals surface area contributed by atoms with E-state index in [2.05, 4.69) is 10.6 Å². The SMILES string of the molecule is COc1cc(/C=C/C(=O)NCC(=O)Nc2ccccc2)ccc1OCC(N)=O. The number of ether oxygens (including phenoxy) is 2. The second kappa shape index (κ2) is 10.4. The quantitative estimate of drug-likeness (QED) is 0.564. The molecule has 2 aromatic rings. The van der Waals surface area contributed by atoms with Gasteiger partial charge in [-0.3, -0.25) is 14.4 Å². The molecular weight excluding hydrogens is 362 g/mol. The molecule has 8 nitrogen and oxygen atoms in total. The number of primary amides is 1. The first-order valence-corrected chi connectivity index (χ1v) is 8.38. The fourth-order valence-electron chi connectivity index (χ4n) is 2.18. The Morgan fingerprint density at radius 2 is 1.82 bits per heavy atom. The van der Waals surface area contributed by atoms with Gasteiger partial charge < -0.3 is 25.8 Å². The van der Waals surface area contributed by atoms with Crippen LogP contribution in [0.4, 0.5) is 5.69 Å². The fraction of sp³-hybridized carbons (Fsp3) is 0.150. The monoisotopic (exact) mass is 383 g/mol. The van der Waals surface area contributed by atoms with E-state index < -0.39 is 11.8 Å². The zero-order valence-electron chi connectivity index (χ0n) is 15.3. The van der Waals surface area contributed by atoms with Gasteiger partial charge in [0.25, 0.3) is 5.91 Å². The van der Waals surface area contributed by atoms with Gasteiger partial charge in [-0.25, -0.2) is 0 Å². The molecule has 0 spiro atoms. The van der Waals surface area contributed by atoms with E-state index in [-0.39, 0.29) is 19.1 Å². The maximum Gasteiger partial charge on any atom is 0.255 e. The zero-order chi connectivity index (χ0) is 20.4. The minimum absolute atomic E-state index is 0.152. The Balaban J connectivity index is 1.87. The van der Waals surface area contributed by atoms with E-state index in [1.807, 2.05) is 6.07 Å². The van der Waals surface area contributed by atoms with Crippen molar-refractivity contribution in [2.24, 2.45) is 5.73 Å². The summed E-state index contributed by atoms with van der Waals surface area (Å²) in [5.41, 5.74) is 6.38. The first-order valence-electron chi connectivity index (χ1n) is 8.38. The fourth-order valence-corrected chi connectivity index (χ4v) is 2.18. The Labute approximate surface area is 162 Å². The van der Waals surface area contributed by atoms with Crippen molar-refractivity contribution < 1.29 is 23.9 Å². The summed E-state index contributed by atoms with van der Waals surface area (Å²) in [5, 5.41) is 5.17. The summed E-state index contributed by atoms with van der Waals surface area (Å²) in [6, 6.07) is 13.9. The van der Waals surface area contributed by atoms with Gasteiger partial charge >= 0.3 is 0 Å². The highest BCUT2D eigenvalue weighted by Crippen LogP contribution is 2.28. The molecule has 0 saturated carbocycles. The number of carbonyl (C=O) groups excluding carboxylic acids is 3. The maximum absolute atomic E-state index is 11.9. The number of nitrogens with one attached hydrogen (secondary N) is 2. The van der Waals surface area contributed by atoms with E-state index in [4.69, 9.17) is 15.2 Å². The summed E-state index contributed by atoms with van der Waals surface area (Å²) in [5.74, 6) is -0.590. The van der Waals surface area contributed by atoms with Crippen LogP contribution in [0.15, 0.2) is 54.6 Å². The number of carbonyl (C=O) groups is 3. The molecule has 0 fully saturated rings. The molecule has 0 radical (unpaired) electrons. The lowest BCUT2D eigenvalue weighted by atomic mass is 10.2. The number of hydrogen-bond donors (Lipinski definition) is 3. The summed E-state index contributed by atoms with van der Waals surface area (Å²) in [4.78, 5) is 34.5. The average molecular weight is 383 g/mol. The first-order chi connectivity index (χ1) is 13.5. The highest BCUT2D eigenvalue weighted by molar-refractivity contribution is 5.98. The second-order valence-corrected chi connectivity index (χ2v) is 5.63. The molecule has 2 rings (SSSR count). The third kappa shape index (κ3) is 6.83. The van der Waals surface area contributed by atoms with Crippen LogP contribution < -0.4 is 25.8 Å². The van der Waals surface area contributed by atoms with E-state index in [0.29, 0.717) is 22.7 Å². The second-order valence-electron chi connectivity index (χ2n) is 5.63. The number of anilines is 1. The number of methoxy groups -OCH3 is 1. The van der Waals surface area contributed by atoms with Gasteiger partial charge in [-0.15, -0.1) is 0 Å². The van der Waals surface area contributed by atoms with Crippen LogP contribution >= 0.6 is 0 Å². The van der Waals surface area contributed by atoms with Gasteiger partial charge in [0.05, 0.1) is 13.7 Å². The van der Waals surface area contributed by atoms with Gasteiger partial charge in [0, 0.05) is 11.8 Å². The van der Waals surface area contributed by atoms with Crippen molar-refractivity contribution in [2.75, 3.05) is 25.6 Å². The Kier molecular flexibility index (Phi) is 7.59. The van der Waals surface area contributed by atoms with E-state index in [0.717, 1.165) is 0 Å². The van der Waals surface area contributed by atoms with Crippen molar-refractivity contribution in [3.05, 3.63) is 60.2 Å². The van der Waals surface area contributed by atoms with Gasteiger partial charge in [0.2, 0.25) is 11.8 Å². The standard InChI is InChI=1S/C20H21N3O5/c1-27-17-11-14(7-9-16(17)28-13-18(21)24)8-10-19(25)22-12-20(26)23-15-5-3-2-4-6-15/h2-11H,12-13H2,1H3,(H2,21,24)(H,22,25)(H,23,26)/b10-8+. The van der Waals surface area contributed by atoms with Gasteiger partial charge in [0.15, 0.2) is 18.1 Å². The number of amides is 3. The van der Waals surface area contributed by atoms with E-state index in [1.165, 1.54) is 13.2 Å². The number of hydrogen-bond acceptors (Lipinski definition) is 5. The van der Waals surface area contributed by atoms with Crippen molar-refractivity contribution in [3.63, 3.8) is 0 Å². The molecule has 2 aromatic carbocycles. The lowest BCUT2D eigenvalue weighted by molar-refractivity contribution is -0.121. The summed E-state index contributed by atoms with van der Waals surface area (Å²) < 4.78 is 10.4. The van der Waals surface area contributed by atoms with Crippen LogP contribution in [-0.4, -0.2) is 38.0 Å². The van der Waals surface area contributed by atoms with Crippen molar-refractivity contribution >= 4 is 29.5 Å². The molecule has 28 heavy (non-hydrogen) atoms. The highest BCUT2D eigenvalue weighted by Gasteiger charge is 2.07. The van der Waals surface area contributed by atoms with Crippen molar-refractivity contribution in [3.8, 4) is 11.5 Å². The molecular formula is C20H21N3O5. The van der Waals surface area contributed by atoms with Crippen molar-refractivity contribution in [1.82, 2.24) is 5.32 Å². The largest absolute Gasteiger partial charge is 0.493 e. The Morgan fingerprint density at radius 1 is 1.07 bits per heavy atom. The van der Waals surface area contributed by atoms with Crippen molar-refractivity contribution in [1.29, 1.82) is 0 Å². The first kappa shape index (κ1) is 20.5. The molecule has 0 aliphatic carbocycles. The number of rotatable bonds is 9. The summed E-state index contributed by atoms with van der Waals surface area (Å²) in [6.45, 7) is -0.416. The van der Waals surface area contributed by atoms with Gasteiger partial charge in [-0.2, -0.15) is 0 Å². The molecule has 0 unspecified atom stereocenters. The van der Waals surface area contributed by atoms with Crippen LogP contribution in [-0.2, 0) is 14.4 Å². The third-order valence-corrected chi connectivity index (χ3v) is 3.47. The smallest absolute Gasteiger partial charge is 0.255 e. The predicted molar refractivity (Wildman–Crippen MR) is 105 cm³/mol. The minimum atomic E-state index is -0.598. The van der Waals surface area contributed by atoms with E-state index >= 15 is 0 Å². The van der Waals surface area contributed by atoms with Gasteiger partial charge in [-0.1, -0.05) is 24.3 Å². The highest BCUT2D eigenvalue weighted by atomic mass is 16.5. The number of para-hydroxylation sites is 1. The molecule has 4 N–H and O–H groups in total. The lowest BCUT2D eigenvalue weighted by Gasteiger charge is -2.10. The molecule has 0 bridgehead atoms. The summed E-state index contributed by atoms with van der Waals surface area (Å²) in [7, 11) is 1.46. The van der Waals surface area contributed by atoms with Crippen LogP contribution in [0, 0.1) is 0 Å². The zero-order valence-corrected chi connectivity index (χ0v) is 15.3. The predicted octanol–water partition coefficient (Wildman–Crippen LogP) is 1.33. The molecule has 0 aliphatic rings. The molecule has 0 aliphatic heterocycles. The normalized spacial score (nSPS) is 10.3. The Hall–Kier alpha value is -3.81. The number of benzene rings is 2. The van der Waals surface area contributed by atoms with Crippen LogP contribution in [0.3, 0.4) is 0 Å². The van der Waals surface area contributed by atoms with Crippen molar-refractivity contribution in [2.45, 2.75) is 0 Å². The van der Waals surface area contributed by atoms with Crippen LogP contribution in [0.5, 0.6) is 11.5 Å². The van der Waals surface area contributed by atoms with Gasteiger partial charge in [-0.05, 0) is 35.9 Å². The molecule has 3 amide bonds. The lowest BCUT2D eigenvalue weighted by Crippen LogP contribution is -2.31. The topological polar surface area (TPSA) is 120 Å². The average Bonchev–Trinajstić information content (AvgIpc) is 2.70. The molecule has 0 heterocycles. The molecule has 8 heteroatoms. The van der Waals surface area contributed by atoms with Crippen LogP contribution in [0.25, 0.3) is 6.08 Å². The minimum Gasteiger partial charge on any atom is -0.493 e. The summed E-state index contributed by atoms with van der Waals surface area (Å²) >= 11 is 0. The molecule has 0 atom stereocenters. The molecule has 146 valence electrons. The van der Waals surface area contributed by atoms with Crippen LogP contribution in [0.1, 0.15) is 5.56 Å². The van der Waals surface area contributed by atoms with E-state index in [1.54, 1.807) is 48.5 Å². The molecule has 0 aromatic heterocycles. The Bertz CT molecular complexity index is 865. The van der Waals surface area contributed by atoms with E-state index in [9.17, 15) is 14.4 Å². The van der Waals surface area contributed by atoms with Crippen LogP contribution in [0.2, 0.25) is 0 Å². The third-order valence-electron chi connectivity index (χ3n) is 3.47. The maximum atomic E-state index is 11.9.